The normalized spacial score (nSPS) is 12.5. The summed E-state index contributed by atoms with van der Waals surface area (Å²) in [7, 11) is 0. The highest BCUT2D eigenvalue weighted by molar-refractivity contribution is 5.65. The lowest BCUT2D eigenvalue weighted by Gasteiger charge is -2.07. The van der Waals surface area contributed by atoms with Gasteiger partial charge in [0.1, 0.15) is 12.6 Å². The molecule has 0 aliphatic carbocycles. The molecule has 0 aromatic carbocycles. The van der Waals surface area contributed by atoms with Crippen molar-refractivity contribution in [2.75, 3.05) is 13.2 Å². The molecule has 0 saturated carbocycles. The molecule has 0 saturated heterocycles. The molecule has 0 amide bonds. The zero-order chi connectivity index (χ0) is 8.53. The summed E-state index contributed by atoms with van der Waals surface area (Å²) in [4.78, 5) is 20.2. The molecule has 4 heteroatoms. The van der Waals surface area contributed by atoms with E-state index in [4.69, 9.17) is 5.11 Å². The molecule has 0 aromatic rings. The number of rotatable bonds is 7. The van der Waals surface area contributed by atoms with Crippen LogP contribution in [0.3, 0.4) is 0 Å². The van der Waals surface area contributed by atoms with E-state index in [1.54, 1.807) is 0 Å². The molecule has 0 rings (SSSR count). The van der Waals surface area contributed by atoms with Gasteiger partial charge in [0.2, 0.25) is 0 Å². The molecule has 1 atom stereocenters. The Hall–Kier alpha value is -0.740. The van der Waals surface area contributed by atoms with E-state index in [9.17, 15) is 9.59 Å². The van der Waals surface area contributed by atoms with Crippen molar-refractivity contribution in [2.45, 2.75) is 18.9 Å². The predicted molar refractivity (Wildman–Crippen MR) is 40.2 cm³/mol. The molecule has 0 aliphatic rings. The monoisotopic (exact) mass is 159 g/mol. The largest absolute Gasteiger partial charge is 0.396 e. The van der Waals surface area contributed by atoms with Gasteiger partial charge in [-0.2, -0.15) is 0 Å². The fraction of sp³-hybridized carbons (Fsp3) is 0.714. The Bertz CT molecular complexity index is 116. The first kappa shape index (κ1) is 10.3. The van der Waals surface area contributed by atoms with E-state index >= 15 is 0 Å². The van der Waals surface area contributed by atoms with Crippen LogP contribution in [0.1, 0.15) is 12.8 Å². The van der Waals surface area contributed by atoms with Crippen molar-refractivity contribution in [1.29, 1.82) is 0 Å². The van der Waals surface area contributed by atoms with Crippen molar-refractivity contribution in [2.24, 2.45) is 0 Å². The van der Waals surface area contributed by atoms with E-state index < -0.39 is 0 Å². The first-order valence-electron chi connectivity index (χ1n) is 3.58. The Kier molecular flexibility index (Phi) is 6.87. The Morgan fingerprint density at radius 1 is 1.45 bits per heavy atom. The molecular formula is C7H13NO3. The third-order valence-corrected chi connectivity index (χ3v) is 1.26. The number of hydrogen-bond donors (Lipinski definition) is 2. The molecule has 64 valence electrons. The van der Waals surface area contributed by atoms with Crippen molar-refractivity contribution < 1.29 is 14.7 Å². The van der Waals surface area contributed by atoms with Crippen molar-refractivity contribution >= 4 is 12.6 Å². The quantitative estimate of drug-likeness (QED) is 0.374. The van der Waals surface area contributed by atoms with Gasteiger partial charge < -0.3 is 20.0 Å². The number of hydrogen-bond acceptors (Lipinski definition) is 4. The number of aliphatic hydroxyl groups is 1. The highest BCUT2D eigenvalue weighted by Gasteiger charge is 2.03. The van der Waals surface area contributed by atoms with E-state index in [2.05, 4.69) is 5.32 Å². The van der Waals surface area contributed by atoms with Crippen molar-refractivity contribution in [3.63, 3.8) is 0 Å². The number of carbonyl (C=O) groups is 2. The summed E-state index contributed by atoms with van der Waals surface area (Å²) in [5, 5.41) is 11.2. The smallest absolute Gasteiger partial charge is 0.137 e. The molecule has 11 heavy (non-hydrogen) atoms. The summed E-state index contributed by atoms with van der Waals surface area (Å²) < 4.78 is 0. The average molecular weight is 159 g/mol. The minimum Gasteiger partial charge on any atom is -0.396 e. The number of aldehydes is 2. The average Bonchev–Trinajstić information content (AvgIpc) is 2.03. The minimum atomic E-state index is -0.390. The molecule has 2 N–H and O–H groups in total. The van der Waals surface area contributed by atoms with Gasteiger partial charge in [-0.25, -0.2) is 0 Å². The van der Waals surface area contributed by atoms with Gasteiger partial charge >= 0.3 is 0 Å². The van der Waals surface area contributed by atoms with Gasteiger partial charge in [0.15, 0.2) is 0 Å². The summed E-state index contributed by atoms with van der Waals surface area (Å²) >= 11 is 0. The van der Waals surface area contributed by atoms with Gasteiger partial charge in [-0.1, -0.05) is 0 Å². The SMILES string of the molecule is O=CCC(C=O)NCCCO. The Labute approximate surface area is 65.6 Å². The second kappa shape index (κ2) is 7.37. The molecule has 0 aromatic heterocycles. The lowest BCUT2D eigenvalue weighted by atomic mass is 10.2. The molecule has 1 unspecified atom stereocenters. The zero-order valence-corrected chi connectivity index (χ0v) is 6.32. The highest BCUT2D eigenvalue weighted by Crippen LogP contribution is 1.83. The highest BCUT2D eigenvalue weighted by atomic mass is 16.3. The maximum Gasteiger partial charge on any atom is 0.137 e. The summed E-state index contributed by atoms with van der Waals surface area (Å²) in [6, 6.07) is -0.390. The fourth-order valence-corrected chi connectivity index (χ4v) is 0.657. The molecular weight excluding hydrogens is 146 g/mol. The Morgan fingerprint density at radius 3 is 2.64 bits per heavy atom. The summed E-state index contributed by atoms with van der Waals surface area (Å²) in [5.74, 6) is 0. The van der Waals surface area contributed by atoms with E-state index in [1.165, 1.54) is 0 Å². The summed E-state index contributed by atoms with van der Waals surface area (Å²) in [6.07, 6.45) is 2.20. The van der Waals surface area contributed by atoms with Crippen LogP contribution in [0.25, 0.3) is 0 Å². The van der Waals surface area contributed by atoms with Gasteiger partial charge in [0, 0.05) is 13.0 Å². The lowest BCUT2D eigenvalue weighted by molar-refractivity contribution is -0.113. The fourth-order valence-electron chi connectivity index (χ4n) is 0.657. The molecule has 0 fully saturated rings. The van der Waals surface area contributed by atoms with Crippen LogP contribution in [0.15, 0.2) is 0 Å². The van der Waals surface area contributed by atoms with Gasteiger partial charge in [0.05, 0.1) is 6.04 Å². The maximum absolute atomic E-state index is 10.2. The van der Waals surface area contributed by atoms with Crippen LogP contribution in [0.5, 0.6) is 0 Å². The maximum atomic E-state index is 10.2. The van der Waals surface area contributed by atoms with Crippen LogP contribution in [0, 0.1) is 0 Å². The van der Waals surface area contributed by atoms with E-state index in [0.29, 0.717) is 25.5 Å². The van der Waals surface area contributed by atoms with Gasteiger partial charge in [0.25, 0.3) is 0 Å². The van der Waals surface area contributed by atoms with E-state index in [0.717, 1.165) is 0 Å². The second-order valence-corrected chi connectivity index (χ2v) is 2.18. The van der Waals surface area contributed by atoms with Gasteiger partial charge in [-0.3, -0.25) is 0 Å². The molecule has 0 heterocycles. The molecule has 0 spiro atoms. The first-order chi connectivity index (χ1) is 5.35. The van der Waals surface area contributed by atoms with Crippen LogP contribution >= 0.6 is 0 Å². The van der Waals surface area contributed by atoms with Crippen LogP contribution in [-0.4, -0.2) is 36.9 Å². The third-order valence-electron chi connectivity index (χ3n) is 1.26. The van der Waals surface area contributed by atoms with Crippen LogP contribution in [-0.2, 0) is 9.59 Å². The lowest BCUT2D eigenvalue weighted by Crippen LogP contribution is -2.31. The molecule has 4 nitrogen and oxygen atoms in total. The predicted octanol–water partition coefficient (Wildman–Crippen LogP) is -0.885. The minimum absolute atomic E-state index is 0.0969. The number of nitrogens with one attached hydrogen (secondary N) is 1. The molecule has 0 aliphatic heterocycles. The summed E-state index contributed by atoms with van der Waals surface area (Å²) in [6.45, 7) is 0.660. The Morgan fingerprint density at radius 2 is 2.18 bits per heavy atom. The Balaban J connectivity index is 3.35. The number of carbonyl (C=O) groups excluding carboxylic acids is 2. The van der Waals surface area contributed by atoms with Gasteiger partial charge in [-0.05, 0) is 13.0 Å². The van der Waals surface area contributed by atoms with E-state index in [1.807, 2.05) is 0 Å². The van der Waals surface area contributed by atoms with Crippen molar-refractivity contribution in [3.05, 3.63) is 0 Å². The second-order valence-electron chi connectivity index (χ2n) is 2.18. The van der Waals surface area contributed by atoms with E-state index in [-0.39, 0.29) is 19.1 Å². The zero-order valence-electron chi connectivity index (χ0n) is 6.32. The van der Waals surface area contributed by atoms with Crippen LogP contribution < -0.4 is 5.32 Å². The third kappa shape index (κ3) is 5.69. The van der Waals surface area contributed by atoms with Crippen molar-refractivity contribution in [3.8, 4) is 0 Å². The standard InChI is InChI=1S/C7H13NO3/c9-4-1-3-8-7(6-11)2-5-10/h5-9H,1-4H2. The topological polar surface area (TPSA) is 66.4 Å². The first-order valence-corrected chi connectivity index (χ1v) is 3.58. The number of aliphatic hydroxyl groups excluding tert-OH is 1. The van der Waals surface area contributed by atoms with Crippen molar-refractivity contribution in [1.82, 2.24) is 5.32 Å². The van der Waals surface area contributed by atoms with Gasteiger partial charge in [-0.15, -0.1) is 0 Å². The molecule has 0 bridgehead atoms. The molecule has 0 radical (unpaired) electrons. The van der Waals surface area contributed by atoms with Crippen LogP contribution in [0.4, 0.5) is 0 Å². The summed E-state index contributed by atoms with van der Waals surface area (Å²) in [5.41, 5.74) is 0. The van der Waals surface area contributed by atoms with Crippen LogP contribution in [0.2, 0.25) is 0 Å².